The number of nitrogens with one attached hydrogen (secondary N) is 1. The van der Waals surface area contributed by atoms with Crippen LogP contribution in [0.5, 0.6) is 0 Å². The number of hydrogen-bond acceptors (Lipinski definition) is 7. The van der Waals surface area contributed by atoms with E-state index in [1.54, 1.807) is 0 Å². The molecule has 6 rings (SSSR count). The summed E-state index contributed by atoms with van der Waals surface area (Å²) in [5, 5.41) is 3.10. The average Bonchev–Trinajstić information content (AvgIpc) is 2.65. The highest BCUT2D eigenvalue weighted by atomic mass is 16.5. The summed E-state index contributed by atoms with van der Waals surface area (Å²) in [6, 6.07) is 9.59. The quantitative estimate of drug-likeness (QED) is 0.767. The van der Waals surface area contributed by atoms with E-state index in [9.17, 15) is 4.79 Å². The molecule has 0 aliphatic heterocycles. The van der Waals surface area contributed by atoms with Crippen molar-refractivity contribution < 1.29 is 9.53 Å². The van der Waals surface area contributed by atoms with Gasteiger partial charge in [-0.05, 0) is 68.4 Å². The monoisotopic (exact) mass is 379 g/mol. The summed E-state index contributed by atoms with van der Waals surface area (Å²) in [6.07, 6.45) is 6.84. The minimum Gasteiger partial charge on any atom is -0.457 e. The molecule has 1 aromatic carbocycles. The fraction of sp³-hybridized carbons (Fsp3) is 0.524. The number of rotatable bonds is 5. The zero-order valence-corrected chi connectivity index (χ0v) is 15.8. The molecule has 28 heavy (non-hydrogen) atoms. The number of carbonyl (C=O) groups excluding carboxylic acids is 1. The normalized spacial score (nSPS) is 30.2. The van der Waals surface area contributed by atoms with E-state index >= 15 is 0 Å². The predicted octanol–water partition coefficient (Wildman–Crippen LogP) is 3.46. The van der Waals surface area contributed by atoms with Gasteiger partial charge in [0.15, 0.2) is 12.4 Å². The van der Waals surface area contributed by atoms with Crippen molar-refractivity contribution in [3.8, 4) is 0 Å². The van der Waals surface area contributed by atoms with E-state index in [0.29, 0.717) is 29.5 Å². The van der Waals surface area contributed by atoms with Gasteiger partial charge in [0.25, 0.3) is 0 Å². The van der Waals surface area contributed by atoms with Gasteiger partial charge in [-0.3, -0.25) is 4.79 Å². The van der Waals surface area contributed by atoms with Crippen LogP contribution in [0.15, 0.2) is 30.3 Å². The van der Waals surface area contributed by atoms with Crippen LogP contribution in [0.1, 0.15) is 44.3 Å². The van der Waals surface area contributed by atoms with Gasteiger partial charge in [0, 0.05) is 5.69 Å². The smallest absolute Gasteiger partial charge is 0.312 e. The molecule has 0 saturated heterocycles. The van der Waals surface area contributed by atoms with Gasteiger partial charge in [-0.25, -0.2) is 0 Å². The molecule has 146 valence electrons. The number of hydrogen-bond donors (Lipinski definition) is 2. The molecule has 0 unspecified atom stereocenters. The number of nitrogens with zero attached hydrogens (tertiary/aromatic N) is 3. The van der Waals surface area contributed by atoms with Crippen LogP contribution in [0, 0.1) is 23.2 Å². The maximum atomic E-state index is 13.0. The topological polar surface area (TPSA) is 103 Å². The van der Waals surface area contributed by atoms with Gasteiger partial charge in [0.05, 0.1) is 5.41 Å². The highest BCUT2D eigenvalue weighted by Crippen LogP contribution is 2.60. The van der Waals surface area contributed by atoms with Gasteiger partial charge in [0.1, 0.15) is 0 Å². The summed E-state index contributed by atoms with van der Waals surface area (Å²) in [7, 11) is 0. The average molecular weight is 379 g/mol. The molecular formula is C21H25N5O2. The lowest BCUT2D eigenvalue weighted by Crippen LogP contribution is -2.50. The van der Waals surface area contributed by atoms with Gasteiger partial charge in [-0.1, -0.05) is 18.2 Å². The summed E-state index contributed by atoms with van der Waals surface area (Å²) in [4.78, 5) is 25.6. The Bertz CT molecular complexity index is 850. The molecule has 7 heteroatoms. The Balaban J connectivity index is 1.27. The molecular weight excluding hydrogens is 354 g/mol. The van der Waals surface area contributed by atoms with Crippen LogP contribution >= 0.6 is 0 Å². The van der Waals surface area contributed by atoms with Crippen molar-refractivity contribution in [1.82, 2.24) is 15.0 Å². The van der Waals surface area contributed by atoms with E-state index in [-0.39, 0.29) is 23.9 Å². The van der Waals surface area contributed by atoms with Crippen LogP contribution in [-0.2, 0) is 16.1 Å². The second-order valence-corrected chi connectivity index (χ2v) is 8.70. The third-order valence-corrected chi connectivity index (χ3v) is 6.53. The van der Waals surface area contributed by atoms with Crippen LogP contribution in [0.3, 0.4) is 0 Å². The SMILES string of the molecule is Nc1nc(COC(=O)C23CC4CC(CC(C4)C2)C3)nc(Nc2ccccc2)n1. The number of anilines is 3. The third-order valence-electron chi connectivity index (χ3n) is 6.53. The van der Waals surface area contributed by atoms with E-state index < -0.39 is 0 Å². The van der Waals surface area contributed by atoms with E-state index in [1.807, 2.05) is 30.3 Å². The third kappa shape index (κ3) is 3.30. The van der Waals surface area contributed by atoms with Gasteiger partial charge in [0.2, 0.25) is 11.9 Å². The van der Waals surface area contributed by atoms with Crippen molar-refractivity contribution in [1.29, 1.82) is 0 Å². The molecule has 3 N–H and O–H groups in total. The van der Waals surface area contributed by atoms with E-state index in [0.717, 1.165) is 24.9 Å². The van der Waals surface area contributed by atoms with Crippen molar-refractivity contribution in [2.75, 3.05) is 11.1 Å². The van der Waals surface area contributed by atoms with Crippen molar-refractivity contribution in [3.05, 3.63) is 36.2 Å². The Morgan fingerprint density at radius 1 is 1.04 bits per heavy atom. The lowest BCUT2D eigenvalue weighted by molar-refractivity contribution is -0.173. The molecule has 4 saturated carbocycles. The van der Waals surface area contributed by atoms with Crippen molar-refractivity contribution in [2.24, 2.45) is 23.2 Å². The summed E-state index contributed by atoms with van der Waals surface area (Å²) < 4.78 is 5.70. The van der Waals surface area contributed by atoms with Gasteiger partial charge < -0.3 is 15.8 Å². The Morgan fingerprint density at radius 2 is 1.68 bits per heavy atom. The predicted molar refractivity (Wildman–Crippen MR) is 104 cm³/mol. The first-order valence-electron chi connectivity index (χ1n) is 10.1. The van der Waals surface area contributed by atoms with Crippen molar-refractivity contribution in [2.45, 2.75) is 45.1 Å². The number of aromatic nitrogens is 3. The number of ether oxygens (including phenoxy) is 1. The Hall–Kier alpha value is -2.70. The first-order chi connectivity index (χ1) is 13.6. The minimum absolute atomic E-state index is 0.0246. The lowest BCUT2D eigenvalue weighted by atomic mass is 9.49. The number of nitrogens with two attached hydrogens (primary N) is 1. The largest absolute Gasteiger partial charge is 0.457 e. The summed E-state index contributed by atoms with van der Waals surface area (Å²) in [6.45, 7) is 0.0246. The fourth-order valence-electron chi connectivity index (χ4n) is 5.85. The van der Waals surface area contributed by atoms with Gasteiger partial charge in [-0.15, -0.1) is 0 Å². The molecule has 0 atom stereocenters. The Morgan fingerprint density at radius 3 is 2.32 bits per heavy atom. The zero-order chi connectivity index (χ0) is 19.1. The standard InChI is InChI=1S/C21H25N5O2/c22-19-24-17(25-20(26-19)23-16-4-2-1-3-5-16)12-28-18(27)21-9-13-6-14(10-21)8-15(7-13)11-21/h1-5,13-15H,6-12H2,(H3,22,23,24,25,26). The fourth-order valence-corrected chi connectivity index (χ4v) is 5.85. The molecule has 4 aliphatic carbocycles. The number of benzene rings is 1. The summed E-state index contributed by atoms with van der Waals surface area (Å²) in [5.74, 6) is 2.84. The zero-order valence-electron chi connectivity index (χ0n) is 15.8. The first-order valence-corrected chi connectivity index (χ1v) is 10.1. The molecule has 4 bridgehead atoms. The highest BCUT2D eigenvalue weighted by Gasteiger charge is 2.55. The molecule has 0 radical (unpaired) electrons. The molecule has 1 heterocycles. The van der Waals surface area contributed by atoms with E-state index in [2.05, 4.69) is 20.3 Å². The second-order valence-electron chi connectivity index (χ2n) is 8.70. The van der Waals surface area contributed by atoms with Crippen LogP contribution in [0.2, 0.25) is 0 Å². The number of para-hydroxylation sites is 1. The lowest BCUT2D eigenvalue weighted by Gasteiger charge is -2.55. The van der Waals surface area contributed by atoms with E-state index in [1.165, 1.54) is 19.3 Å². The van der Waals surface area contributed by atoms with Crippen LogP contribution in [0.4, 0.5) is 17.6 Å². The Kier molecular flexibility index (Phi) is 4.18. The van der Waals surface area contributed by atoms with Crippen LogP contribution in [0.25, 0.3) is 0 Å². The maximum Gasteiger partial charge on any atom is 0.312 e. The van der Waals surface area contributed by atoms with Gasteiger partial charge in [-0.2, -0.15) is 15.0 Å². The van der Waals surface area contributed by atoms with Crippen molar-refractivity contribution >= 4 is 23.6 Å². The van der Waals surface area contributed by atoms with Gasteiger partial charge >= 0.3 is 5.97 Å². The molecule has 1 aromatic heterocycles. The molecule has 0 amide bonds. The molecule has 7 nitrogen and oxygen atoms in total. The van der Waals surface area contributed by atoms with Crippen molar-refractivity contribution in [3.63, 3.8) is 0 Å². The number of carbonyl (C=O) groups is 1. The molecule has 2 aromatic rings. The molecule has 4 aliphatic rings. The summed E-state index contributed by atoms with van der Waals surface area (Å²) >= 11 is 0. The first kappa shape index (κ1) is 17.4. The maximum absolute atomic E-state index is 13.0. The highest BCUT2D eigenvalue weighted by molar-refractivity contribution is 5.77. The number of nitrogen functional groups attached to an aromatic ring is 1. The van der Waals surface area contributed by atoms with Crippen LogP contribution in [-0.4, -0.2) is 20.9 Å². The van der Waals surface area contributed by atoms with E-state index in [4.69, 9.17) is 10.5 Å². The molecule has 0 spiro atoms. The van der Waals surface area contributed by atoms with Crippen LogP contribution < -0.4 is 11.1 Å². The second kappa shape index (κ2) is 6.72. The molecule has 4 fully saturated rings. The Labute approximate surface area is 164 Å². The number of esters is 1. The minimum atomic E-state index is -0.279. The summed E-state index contributed by atoms with van der Waals surface area (Å²) in [5.41, 5.74) is 6.40.